The normalized spacial score (nSPS) is 20.9. The van der Waals surface area contributed by atoms with Gasteiger partial charge in [0.25, 0.3) is 0 Å². The van der Waals surface area contributed by atoms with Crippen LogP contribution in [-0.4, -0.2) is 58.9 Å². The number of allylic oxidation sites excluding steroid dienone is 2. The van der Waals surface area contributed by atoms with Crippen LogP contribution in [0.5, 0.6) is 0 Å². The van der Waals surface area contributed by atoms with Crippen LogP contribution in [0.25, 0.3) is 10.9 Å². The van der Waals surface area contributed by atoms with E-state index in [1.54, 1.807) is 0 Å². The van der Waals surface area contributed by atoms with Crippen molar-refractivity contribution in [2.75, 3.05) is 20.6 Å². The van der Waals surface area contributed by atoms with Crippen molar-refractivity contribution in [3.05, 3.63) is 90.4 Å². The fourth-order valence-corrected chi connectivity index (χ4v) is 6.31. The summed E-state index contributed by atoms with van der Waals surface area (Å²) >= 11 is 0. The second-order valence-corrected chi connectivity index (χ2v) is 11.5. The summed E-state index contributed by atoms with van der Waals surface area (Å²) in [6.45, 7) is 0.518. The van der Waals surface area contributed by atoms with Crippen molar-refractivity contribution in [2.45, 2.75) is 68.4 Å². The second kappa shape index (κ2) is 12.2. The third-order valence-electron chi connectivity index (χ3n) is 8.86. The highest BCUT2D eigenvalue weighted by molar-refractivity contribution is 5.94. The number of rotatable bonds is 10. The number of H-pyrrole nitrogens is 1. The van der Waals surface area contributed by atoms with Crippen molar-refractivity contribution >= 4 is 22.7 Å². The van der Waals surface area contributed by atoms with Gasteiger partial charge in [-0.15, -0.1) is 0 Å². The number of aryl methyl sites for hydroxylation is 1. The SMILES string of the molecule is CN(C)C1(C(=O)N[C@@H](CCc2c[nH]c3ccccc23)C(=O)NCC2(c3ccccn3)CCCCC2)C=CC=CC1. The molecule has 1 aromatic carbocycles. The van der Waals surface area contributed by atoms with Gasteiger partial charge < -0.3 is 15.6 Å². The molecule has 40 heavy (non-hydrogen) atoms. The first-order chi connectivity index (χ1) is 19.4. The molecule has 3 aromatic rings. The first-order valence-corrected chi connectivity index (χ1v) is 14.5. The van der Waals surface area contributed by atoms with Crippen molar-refractivity contribution in [3.63, 3.8) is 0 Å². The number of para-hydroxylation sites is 1. The molecule has 2 amide bonds. The van der Waals surface area contributed by atoms with Crippen LogP contribution >= 0.6 is 0 Å². The number of amides is 2. The lowest BCUT2D eigenvalue weighted by atomic mass is 9.71. The molecule has 0 saturated heterocycles. The standard InChI is InChI=1S/C33H41N5O2/c1-38(2)33(20-10-4-11-21-33)31(40)37-28(17-16-25-23-35-27-14-6-5-13-26(25)27)30(39)36-24-32(18-8-3-9-19-32)29-15-7-12-22-34-29/h4-7,10-15,20,22-23,28,35H,3,8-9,16-19,21,24H2,1-2H3,(H,36,39)(H,37,40)/t28-,33?/m0/s1. The van der Waals surface area contributed by atoms with E-state index in [0.717, 1.165) is 47.8 Å². The Morgan fingerprint density at radius 1 is 1.05 bits per heavy atom. The first kappa shape index (κ1) is 27.8. The fraction of sp³-hybridized carbons (Fsp3) is 0.424. The molecule has 210 valence electrons. The topological polar surface area (TPSA) is 90.1 Å². The summed E-state index contributed by atoms with van der Waals surface area (Å²) in [4.78, 5) is 37.6. The van der Waals surface area contributed by atoms with Gasteiger partial charge in [-0.1, -0.05) is 67.8 Å². The Morgan fingerprint density at radius 3 is 2.58 bits per heavy atom. The third kappa shape index (κ3) is 5.75. The van der Waals surface area contributed by atoms with E-state index in [-0.39, 0.29) is 17.2 Å². The minimum absolute atomic E-state index is 0.140. The van der Waals surface area contributed by atoms with E-state index in [1.807, 2.05) is 80.0 Å². The van der Waals surface area contributed by atoms with Gasteiger partial charge in [0, 0.05) is 41.0 Å². The Kier molecular flexibility index (Phi) is 8.50. The van der Waals surface area contributed by atoms with Gasteiger partial charge in [0.2, 0.25) is 11.8 Å². The molecule has 2 atom stereocenters. The molecule has 3 N–H and O–H groups in total. The maximum absolute atomic E-state index is 13.9. The zero-order valence-electron chi connectivity index (χ0n) is 23.7. The molecule has 7 nitrogen and oxygen atoms in total. The molecule has 5 rings (SSSR count). The molecule has 1 unspecified atom stereocenters. The Labute approximate surface area is 237 Å². The number of carbonyl (C=O) groups is 2. The van der Waals surface area contributed by atoms with Crippen LogP contribution in [-0.2, 0) is 21.4 Å². The smallest absolute Gasteiger partial charge is 0.245 e. The molecule has 7 heteroatoms. The van der Waals surface area contributed by atoms with E-state index >= 15 is 0 Å². The van der Waals surface area contributed by atoms with Gasteiger partial charge in [-0.2, -0.15) is 0 Å². The number of aromatic amines is 1. The molecular weight excluding hydrogens is 498 g/mol. The van der Waals surface area contributed by atoms with Crippen LogP contribution in [0.4, 0.5) is 0 Å². The predicted octanol–water partition coefficient (Wildman–Crippen LogP) is 4.82. The predicted molar refractivity (Wildman–Crippen MR) is 160 cm³/mol. The van der Waals surface area contributed by atoms with Gasteiger partial charge in [-0.3, -0.25) is 19.5 Å². The Balaban J connectivity index is 1.36. The lowest BCUT2D eigenvalue weighted by Crippen LogP contribution is -2.60. The van der Waals surface area contributed by atoms with Crippen LogP contribution in [0.15, 0.2) is 79.2 Å². The molecule has 1 fully saturated rings. The van der Waals surface area contributed by atoms with Crippen molar-refractivity contribution in [1.82, 2.24) is 25.5 Å². The number of pyridine rings is 1. The van der Waals surface area contributed by atoms with E-state index in [1.165, 1.54) is 6.42 Å². The van der Waals surface area contributed by atoms with Gasteiger partial charge in [0.1, 0.15) is 11.6 Å². The number of fused-ring (bicyclic) bond motifs is 1. The van der Waals surface area contributed by atoms with Crippen LogP contribution in [0.1, 0.15) is 56.2 Å². The van der Waals surface area contributed by atoms with Gasteiger partial charge in [0.15, 0.2) is 0 Å². The van der Waals surface area contributed by atoms with Crippen LogP contribution < -0.4 is 10.6 Å². The van der Waals surface area contributed by atoms with E-state index in [9.17, 15) is 9.59 Å². The third-order valence-corrected chi connectivity index (χ3v) is 8.86. The van der Waals surface area contributed by atoms with Crippen LogP contribution in [0.3, 0.4) is 0 Å². The van der Waals surface area contributed by atoms with Gasteiger partial charge >= 0.3 is 0 Å². The summed E-state index contributed by atoms with van der Waals surface area (Å²) in [5.74, 6) is -0.299. The Morgan fingerprint density at radius 2 is 1.85 bits per heavy atom. The Hall–Kier alpha value is -3.71. The van der Waals surface area contributed by atoms with Gasteiger partial charge in [-0.05, 0) is 70.0 Å². The molecule has 0 aliphatic heterocycles. The number of nitrogens with one attached hydrogen (secondary N) is 3. The Bertz CT molecular complexity index is 1370. The summed E-state index contributed by atoms with van der Waals surface area (Å²) in [5.41, 5.74) is 2.25. The highest BCUT2D eigenvalue weighted by atomic mass is 16.2. The highest BCUT2D eigenvalue weighted by Crippen LogP contribution is 2.38. The van der Waals surface area contributed by atoms with E-state index in [4.69, 9.17) is 4.98 Å². The number of aromatic nitrogens is 2. The van der Waals surface area contributed by atoms with E-state index < -0.39 is 11.6 Å². The number of hydrogen-bond acceptors (Lipinski definition) is 4. The zero-order chi connectivity index (χ0) is 28.0. The molecule has 0 radical (unpaired) electrons. The quantitative estimate of drug-likeness (QED) is 0.345. The monoisotopic (exact) mass is 539 g/mol. The molecule has 2 aliphatic rings. The number of carbonyl (C=O) groups excluding carboxylic acids is 2. The molecule has 0 bridgehead atoms. The van der Waals surface area contributed by atoms with Crippen LogP contribution in [0.2, 0.25) is 0 Å². The maximum Gasteiger partial charge on any atom is 0.245 e. The lowest BCUT2D eigenvalue weighted by Gasteiger charge is -2.38. The van der Waals surface area contributed by atoms with E-state index in [2.05, 4.69) is 33.8 Å². The minimum Gasteiger partial charge on any atom is -0.361 e. The molecule has 0 spiro atoms. The average molecular weight is 540 g/mol. The molecule has 1 saturated carbocycles. The largest absolute Gasteiger partial charge is 0.361 e. The molecule has 2 aliphatic carbocycles. The second-order valence-electron chi connectivity index (χ2n) is 11.5. The summed E-state index contributed by atoms with van der Waals surface area (Å²) < 4.78 is 0. The minimum atomic E-state index is -0.827. The maximum atomic E-state index is 13.9. The summed E-state index contributed by atoms with van der Waals surface area (Å²) in [6.07, 6.45) is 18.8. The molecular formula is C33H41N5O2. The summed E-state index contributed by atoms with van der Waals surface area (Å²) in [6, 6.07) is 13.6. The number of benzene rings is 1. The fourth-order valence-electron chi connectivity index (χ4n) is 6.31. The lowest BCUT2D eigenvalue weighted by molar-refractivity contribution is -0.134. The number of likely N-dealkylation sites (N-methyl/N-ethyl adjacent to an activating group) is 1. The highest BCUT2D eigenvalue weighted by Gasteiger charge is 2.40. The zero-order valence-corrected chi connectivity index (χ0v) is 23.7. The first-order valence-electron chi connectivity index (χ1n) is 14.5. The summed E-state index contributed by atoms with van der Waals surface area (Å²) in [7, 11) is 3.81. The van der Waals surface area contributed by atoms with Gasteiger partial charge in [-0.25, -0.2) is 0 Å². The summed E-state index contributed by atoms with van der Waals surface area (Å²) in [5, 5.41) is 7.57. The molecule has 2 aromatic heterocycles. The molecule has 2 heterocycles. The van der Waals surface area contributed by atoms with Crippen molar-refractivity contribution in [1.29, 1.82) is 0 Å². The van der Waals surface area contributed by atoms with Crippen molar-refractivity contribution in [3.8, 4) is 0 Å². The van der Waals surface area contributed by atoms with Gasteiger partial charge in [0.05, 0.1) is 0 Å². The average Bonchev–Trinajstić information content (AvgIpc) is 3.42. The number of hydrogen-bond donors (Lipinski definition) is 3. The van der Waals surface area contributed by atoms with Crippen molar-refractivity contribution < 1.29 is 9.59 Å². The van der Waals surface area contributed by atoms with Crippen molar-refractivity contribution in [2.24, 2.45) is 0 Å². The van der Waals surface area contributed by atoms with E-state index in [0.29, 0.717) is 25.8 Å². The number of nitrogens with zero attached hydrogens (tertiary/aromatic N) is 2. The van der Waals surface area contributed by atoms with Crippen LogP contribution in [0, 0.1) is 0 Å².